The molecule has 1 aliphatic rings. The highest BCUT2D eigenvalue weighted by Crippen LogP contribution is 2.35. The minimum absolute atomic E-state index is 0.414. The molecule has 1 nitrogen and oxygen atoms in total. The molecule has 2 atom stereocenters. The van der Waals surface area contributed by atoms with Crippen LogP contribution in [0.3, 0.4) is 0 Å². The molecular weight excluding hydrogens is 158 g/mol. The summed E-state index contributed by atoms with van der Waals surface area (Å²) in [6.45, 7) is 11.6. The highest BCUT2D eigenvalue weighted by molar-refractivity contribution is 5.09. The molecular formula is C12H23N. The van der Waals surface area contributed by atoms with Gasteiger partial charge in [0, 0.05) is 13.1 Å². The summed E-state index contributed by atoms with van der Waals surface area (Å²) in [5.41, 5.74) is 1.93. The van der Waals surface area contributed by atoms with E-state index in [1.165, 1.54) is 12.0 Å². The van der Waals surface area contributed by atoms with Crippen LogP contribution in [0.2, 0.25) is 0 Å². The van der Waals surface area contributed by atoms with Gasteiger partial charge in [0.1, 0.15) is 0 Å². The first-order valence-corrected chi connectivity index (χ1v) is 5.21. The van der Waals surface area contributed by atoms with Gasteiger partial charge in [-0.2, -0.15) is 0 Å². The lowest BCUT2D eigenvalue weighted by molar-refractivity contribution is 0.149. The van der Waals surface area contributed by atoms with Gasteiger partial charge in [0.25, 0.3) is 0 Å². The Balaban J connectivity index is 2.66. The van der Waals surface area contributed by atoms with E-state index in [-0.39, 0.29) is 0 Å². The molecule has 1 rings (SSSR count). The minimum Gasteiger partial charge on any atom is -0.377 e. The largest absolute Gasteiger partial charge is 0.377 e. The first-order chi connectivity index (χ1) is 5.82. The molecule has 1 aliphatic heterocycles. The summed E-state index contributed by atoms with van der Waals surface area (Å²) in [5.74, 6) is 0.742. The van der Waals surface area contributed by atoms with E-state index < -0.39 is 0 Å². The summed E-state index contributed by atoms with van der Waals surface area (Å²) in [6.07, 6.45) is 3.53. The quantitative estimate of drug-likeness (QED) is 0.600. The summed E-state index contributed by atoms with van der Waals surface area (Å²) in [7, 11) is 2.20. The molecule has 0 aromatic heterocycles. The van der Waals surface area contributed by atoms with Crippen molar-refractivity contribution in [3.63, 3.8) is 0 Å². The minimum atomic E-state index is 0.414. The third-order valence-corrected chi connectivity index (χ3v) is 3.42. The Kier molecular flexibility index (Phi) is 2.74. The molecule has 76 valence electrons. The summed E-state index contributed by atoms with van der Waals surface area (Å²) in [5, 5.41) is 0. The van der Waals surface area contributed by atoms with E-state index in [4.69, 9.17) is 0 Å². The third kappa shape index (κ3) is 2.26. The van der Waals surface area contributed by atoms with E-state index in [0.29, 0.717) is 11.5 Å². The predicted molar refractivity (Wildman–Crippen MR) is 58.5 cm³/mol. The molecule has 0 fully saturated rings. The van der Waals surface area contributed by atoms with Gasteiger partial charge in [-0.25, -0.2) is 0 Å². The van der Waals surface area contributed by atoms with Gasteiger partial charge in [-0.1, -0.05) is 33.3 Å². The van der Waals surface area contributed by atoms with Gasteiger partial charge in [0.15, 0.2) is 0 Å². The maximum Gasteiger partial charge on any atom is 0.0349 e. The molecule has 0 aromatic carbocycles. The van der Waals surface area contributed by atoms with E-state index in [0.717, 1.165) is 5.92 Å². The molecule has 13 heavy (non-hydrogen) atoms. The van der Waals surface area contributed by atoms with Crippen LogP contribution in [0.1, 0.15) is 41.0 Å². The zero-order valence-electron chi connectivity index (χ0n) is 9.89. The second-order valence-electron chi connectivity index (χ2n) is 5.57. The van der Waals surface area contributed by atoms with Crippen LogP contribution in [0.25, 0.3) is 0 Å². The number of hydrogen-bond donors (Lipinski definition) is 0. The Hall–Kier alpha value is -0.460. The zero-order chi connectivity index (χ0) is 10.2. The highest BCUT2D eigenvalue weighted by Gasteiger charge is 2.32. The van der Waals surface area contributed by atoms with Crippen molar-refractivity contribution < 1.29 is 0 Å². The Bertz CT molecular complexity index is 210. The maximum absolute atomic E-state index is 2.38. The Morgan fingerprint density at radius 3 is 2.31 bits per heavy atom. The van der Waals surface area contributed by atoms with Crippen LogP contribution in [0.5, 0.6) is 0 Å². The molecule has 0 N–H and O–H groups in total. The molecule has 0 bridgehead atoms. The molecule has 0 radical (unpaired) electrons. The molecule has 2 unspecified atom stereocenters. The van der Waals surface area contributed by atoms with Crippen LogP contribution in [-0.4, -0.2) is 18.0 Å². The Morgan fingerprint density at radius 2 is 2.00 bits per heavy atom. The topological polar surface area (TPSA) is 3.24 Å². The smallest absolute Gasteiger partial charge is 0.0349 e. The van der Waals surface area contributed by atoms with E-state index in [1.807, 2.05) is 0 Å². The molecule has 0 amide bonds. The van der Waals surface area contributed by atoms with Gasteiger partial charge in [-0.05, 0) is 30.9 Å². The average Bonchev–Trinajstić information content (AvgIpc) is 2.26. The molecule has 0 spiro atoms. The van der Waals surface area contributed by atoms with Gasteiger partial charge in [0.05, 0.1) is 0 Å². The first-order valence-electron chi connectivity index (χ1n) is 5.21. The fourth-order valence-corrected chi connectivity index (χ4v) is 2.08. The standard InChI is InChI=1S/C12H23N/c1-9-7-11(13(6)8-9)10(2)12(3,4)5/h8,10-11H,7H2,1-6H3. The second kappa shape index (κ2) is 3.36. The molecule has 0 aliphatic carbocycles. The van der Waals surface area contributed by atoms with Crippen molar-refractivity contribution in [2.24, 2.45) is 11.3 Å². The number of nitrogens with zero attached hydrogens (tertiary/aromatic N) is 1. The van der Waals surface area contributed by atoms with E-state index in [1.54, 1.807) is 0 Å². The predicted octanol–water partition coefficient (Wildman–Crippen LogP) is 3.28. The van der Waals surface area contributed by atoms with Crippen molar-refractivity contribution in [3.05, 3.63) is 11.8 Å². The van der Waals surface area contributed by atoms with Crippen molar-refractivity contribution >= 4 is 0 Å². The maximum atomic E-state index is 2.38. The third-order valence-electron chi connectivity index (χ3n) is 3.42. The lowest BCUT2D eigenvalue weighted by Gasteiger charge is -2.36. The Morgan fingerprint density at radius 1 is 1.46 bits per heavy atom. The lowest BCUT2D eigenvalue weighted by Crippen LogP contribution is -2.36. The van der Waals surface area contributed by atoms with Crippen LogP contribution in [0.4, 0.5) is 0 Å². The highest BCUT2D eigenvalue weighted by atomic mass is 15.1. The van der Waals surface area contributed by atoms with E-state index >= 15 is 0 Å². The van der Waals surface area contributed by atoms with Crippen molar-refractivity contribution in [2.45, 2.75) is 47.1 Å². The van der Waals surface area contributed by atoms with Crippen LogP contribution >= 0.6 is 0 Å². The van der Waals surface area contributed by atoms with Crippen LogP contribution in [0.15, 0.2) is 11.8 Å². The summed E-state index contributed by atoms with van der Waals surface area (Å²) in [6, 6.07) is 0.708. The van der Waals surface area contributed by atoms with E-state index in [2.05, 4.69) is 52.8 Å². The van der Waals surface area contributed by atoms with Crippen molar-refractivity contribution in [3.8, 4) is 0 Å². The van der Waals surface area contributed by atoms with Crippen LogP contribution < -0.4 is 0 Å². The fraction of sp³-hybridized carbons (Fsp3) is 0.833. The molecule has 0 aromatic rings. The molecule has 0 saturated heterocycles. The van der Waals surface area contributed by atoms with Crippen molar-refractivity contribution in [1.82, 2.24) is 4.90 Å². The van der Waals surface area contributed by atoms with E-state index in [9.17, 15) is 0 Å². The number of hydrogen-bond acceptors (Lipinski definition) is 1. The summed E-state index contributed by atoms with van der Waals surface area (Å²) in [4.78, 5) is 2.38. The van der Waals surface area contributed by atoms with Crippen LogP contribution in [-0.2, 0) is 0 Å². The van der Waals surface area contributed by atoms with Crippen LogP contribution in [0, 0.1) is 11.3 Å². The van der Waals surface area contributed by atoms with Gasteiger partial charge in [-0.3, -0.25) is 0 Å². The zero-order valence-corrected chi connectivity index (χ0v) is 9.89. The van der Waals surface area contributed by atoms with Crippen molar-refractivity contribution in [2.75, 3.05) is 7.05 Å². The van der Waals surface area contributed by atoms with Gasteiger partial charge in [0.2, 0.25) is 0 Å². The second-order valence-corrected chi connectivity index (χ2v) is 5.57. The average molecular weight is 181 g/mol. The first kappa shape index (κ1) is 10.6. The summed E-state index contributed by atoms with van der Waals surface area (Å²) >= 11 is 0. The fourth-order valence-electron chi connectivity index (χ4n) is 2.08. The normalized spacial score (nSPS) is 26.2. The van der Waals surface area contributed by atoms with Crippen molar-refractivity contribution in [1.29, 1.82) is 0 Å². The SMILES string of the molecule is CC1=CN(C)C(C(C)C(C)(C)C)C1. The number of rotatable bonds is 1. The molecule has 1 heteroatoms. The monoisotopic (exact) mass is 181 g/mol. The van der Waals surface area contributed by atoms with Gasteiger partial charge in [-0.15, -0.1) is 0 Å². The molecule has 1 heterocycles. The Labute approximate surface area is 82.8 Å². The lowest BCUT2D eigenvalue weighted by atomic mass is 9.76. The van der Waals surface area contributed by atoms with Gasteiger partial charge >= 0.3 is 0 Å². The summed E-state index contributed by atoms with van der Waals surface area (Å²) < 4.78 is 0. The van der Waals surface area contributed by atoms with Gasteiger partial charge < -0.3 is 4.90 Å². The molecule has 0 saturated carbocycles.